The number of hydrogen-bond acceptors (Lipinski definition) is 10. The van der Waals surface area contributed by atoms with Gasteiger partial charge < -0.3 is 34.3 Å². The maximum absolute atomic E-state index is 13.8. The van der Waals surface area contributed by atoms with Crippen LogP contribution in [0.4, 0.5) is 0 Å². The highest BCUT2D eigenvalue weighted by Crippen LogP contribution is 2.66. The van der Waals surface area contributed by atoms with E-state index in [-0.39, 0.29) is 24.5 Å². The molecule has 0 spiro atoms. The quantitative estimate of drug-likeness (QED) is 0.273. The van der Waals surface area contributed by atoms with E-state index in [1.165, 1.54) is 13.8 Å². The van der Waals surface area contributed by atoms with Gasteiger partial charge in [0, 0.05) is 31.1 Å². The molecule has 3 fully saturated rings. The lowest BCUT2D eigenvalue weighted by Gasteiger charge is -2.69. The van der Waals surface area contributed by atoms with Crippen LogP contribution in [0.15, 0.2) is 41.5 Å². The highest BCUT2D eigenvalue weighted by molar-refractivity contribution is 5.89. The fourth-order valence-corrected chi connectivity index (χ4v) is 8.46. The molecule has 0 unspecified atom stereocenters. The summed E-state index contributed by atoms with van der Waals surface area (Å²) in [6.45, 7) is 11.3. The van der Waals surface area contributed by atoms with E-state index >= 15 is 0 Å². The Bertz CT molecular complexity index is 1310. The van der Waals surface area contributed by atoms with Gasteiger partial charge in [-0.15, -0.1) is 0 Å². The Kier molecular flexibility index (Phi) is 7.41. The molecule has 1 heterocycles. The Morgan fingerprint density at radius 1 is 1.00 bits per heavy atom. The van der Waals surface area contributed by atoms with E-state index in [0.29, 0.717) is 17.6 Å². The van der Waals surface area contributed by atoms with Crippen LogP contribution in [0.3, 0.4) is 0 Å². The average Bonchev–Trinajstić information content (AvgIpc) is 2.90. The molecule has 10 atom stereocenters. The zero-order chi connectivity index (χ0) is 31.0. The number of aliphatic hydroxyl groups excluding tert-OH is 2. The minimum atomic E-state index is -1.96. The number of rotatable bonds is 4. The van der Waals surface area contributed by atoms with Gasteiger partial charge >= 0.3 is 17.9 Å². The molecular weight excluding hydrogens is 544 g/mol. The Morgan fingerprint density at radius 2 is 1.64 bits per heavy atom. The van der Waals surface area contributed by atoms with E-state index in [1.54, 1.807) is 58.0 Å². The predicted octanol–water partition coefficient (Wildman–Crippen LogP) is 2.72. The van der Waals surface area contributed by atoms with Crippen molar-refractivity contribution < 1.29 is 48.7 Å². The number of ether oxygens (including phenoxy) is 4. The molecule has 0 aromatic heterocycles. The topological polar surface area (TPSA) is 149 Å². The summed E-state index contributed by atoms with van der Waals surface area (Å²) in [4.78, 5) is 38.9. The van der Waals surface area contributed by atoms with Crippen molar-refractivity contribution in [3.8, 4) is 0 Å². The van der Waals surface area contributed by atoms with Crippen LogP contribution in [0.1, 0.15) is 71.7 Å². The first-order valence-corrected chi connectivity index (χ1v) is 14.6. The third-order valence-corrected chi connectivity index (χ3v) is 10.9. The zero-order valence-corrected chi connectivity index (χ0v) is 25.2. The number of benzene rings is 1. The number of esters is 3. The standard InChI is InChI=1S/C32H42O10/c1-16-13-22-31(15-39-22,42-19(4)34)25-27(41-28(37)20-11-9-8-10-12-20)32(38)14-21(35)17(2)23(29(32,5)6)24(40-18(3)33)26(36)30(16,25)7/h8-12,16,21-22,24-27,35-36,38H,13-15H2,1-7H3/t16-,21-,22+,24+,25-,26-,27-,30+,31-,32+/m0/s1. The second-order valence-electron chi connectivity index (χ2n) is 13.4. The number of carbonyl (C=O) groups excluding carboxylic acids is 3. The molecule has 0 radical (unpaired) electrons. The average molecular weight is 587 g/mol. The van der Waals surface area contributed by atoms with Crippen LogP contribution < -0.4 is 0 Å². The molecule has 10 heteroatoms. The SMILES string of the molecule is CC(=O)O[C@@H]1C2=C(C)[C@@H](O)C[C@@](O)([C@@H](OC(=O)c3ccccc3)[C@@H]3[C@]4(OC(C)=O)CO[C@@H]4C[C@H](C)[C@@]3(C)[C@H]1O)C2(C)C. The third kappa shape index (κ3) is 4.17. The first-order valence-electron chi connectivity index (χ1n) is 14.6. The van der Waals surface area contributed by atoms with Crippen LogP contribution in [0, 0.1) is 22.7 Å². The van der Waals surface area contributed by atoms with Crippen LogP contribution in [0.25, 0.3) is 0 Å². The Labute approximate surface area is 246 Å². The van der Waals surface area contributed by atoms with Crippen LogP contribution in [-0.4, -0.2) is 81.6 Å². The van der Waals surface area contributed by atoms with Crippen LogP contribution in [0.2, 0.25) is 0 Å². The molecule has 5 rings (SSSR count). The van der Waals surface area contributed by atoms with E-state index in [2.05, 4.69) is 0 Å². The van der Waals surface area contributed by atoms with Crippen LogP contribution >= 0.6 is 0 Å². The molecule has 4 aliphatic rings. The lowest BCUT2D eigenvalue weighted by molar-refractivity contribution is -0.358. The van der Waals surface area contributed by atoms with Gasteiger partial charge in [-0.25, -0.2) is 4.79 Å². The first kappa shape index (κ1) is 30.7. The molecular formula is C32H42O10. The van der Waals surface area contributed by atoms with Crippen LogP contribution in [0.5, 0.6) is 0 Å². The van der Waals surface area contributed by atoms with Crippen molar-refractivity contribution in [1.82, 2.24) is 0 Å². The van der Waals surface area contributed by atoms with Crippen molar-refractivity contribution in [2.45, 2.75) is 103 Å². The highest BCUT2D eigenvalue weighted by Gasteiger charge is 2.77. The molecule has 3 N–H and O–H groups in total. The van der Waals surface area contributed by atoms with E-state index in [9.17, 15) is 29.7 Å². The smallest absolute Gasteiger partial charge is 0.338 e. The summed E-state index contributed by atoms with van der Waals surface area (Å²) in [6, 6.07) is 8.34. The largest absolute Gasteiger partial charge is 0.455 e. The summed E-state index contributed by atoms with van der Waals surface area (Å²) >= 11 is 0. The predicted molar refractivity (Wildman–Crippen MR) is 149 cm³/mol. The monoisotopic (exact) mass is 586 g/mol. The van der Waals surface area contributed by atoms with Crippen molar-refractivity contribution >= 4 is 17.9 Å². The molecule has 1 aliphatic heterocycles. The van der Waals surface area contributed by atoms with Gasteiger partial charge in [-0.2, -0.15) is 0 Å². The Morgan fingerprint density at radius 3 is 2.19 bits per heavy atom. The lowest BCUT2D eigenvalue weighted by atomic mass is 9.43. The molecule has 42 heavy (non-hydrogen) atoms. The number of fused-ring (bicyclic) bond motifs is 5. The molecule has 0 amide bonds. The molecule has 1 saturated heterocycles. The van der Waals surface area contributed by atoms with Crippen molar-refractivity contribution in [1.29, 1.82) is 0 Å². The number of aliphatic hydroxyl groups is 3. The number of hydrogen-bond donors (Lipinski definition) is 3. The fourth-order valence-electron chi connectivity index (χ4n) is 8.46. The highest BCUT2D eigenvalue weighted by atomic mass is 16.6. The Balaban J connectivity index is 1.83. The molecule has 3 aliphatic carbocycles. The van der Waals surface area contributed by atoms with E-state index in [4.69, 9.17) is 18.9 Å². The normalized spacial score (nSPS) is 42.1. The lowest BCUT2D eigenvalue weighted by Crippen LogP contribution is -2.81. The third-order valence-electron chi connectivity index (χ3n) is 10.9. The Hall–Kier alpha value is -2.79. The van der Waals surface area contributed by atoms with Crippen molar-refractivity contribution in [2.24, 2.45) is 22.7 Å². The molecule has 2 bridgehead atoms. The minimum Gasteiger partial charge on any atom is -0.455 e. The van der Waals surface area contributed by atoms with Crippen LogP contribution in [-0.2, 0) is 28.5 Å². The molecule has 1 aromatic rings. The van der Waals surface area contributed by atoms with Gasteiger partial charge in [0.1, 0.15) is 23.9 Å². The maximum atomic E-state index is 13.8. The van der Waals surface area contributed by atoms with Gasteiger partial charge in [-0.05, 0) is 42.5 Å². The van der Waals surface area contributed by atoms with Gasteiger partial charge in [0.05, 0.1) is 24.2 Å². The molecule has 10 nitrogen and oxygen atoms in total. The first-order chi connectivity index (χ1) is 19.5. The van der Waals surface area contributed by atoms with Gasteiger partial charge in [-0.3, -0.25) is 9.59 Å². The van der Waals surface area contributed by atoms with Crippen molar-refractivity contribution in [3.63, 3.8) is 0 Å². The molecule has 2 saturated carbocycles. The van der Waals surface area contributed by atoms with Gasteiger partial charge in [0.25, 0.3) is 0 Å². The fraction of sp³-hybridized carbons (Fsp3) is 0.656. The van der Waals surface area contributed by atoms with Gasteiger partial charge in [0.2, 0.25) is 0 Å². The second-order valence-corrected chi connectivity index (χ2v) is 13.4. The van der Waals surface area contributed by atoms with Crippen molar-refractivity contribution in [3.05, 3.63) is 47.0 Å². The zero-order valence-electron chi connectivity index (χ0n) is 25.2. The summed E-state index contributed by atoms with van der Waals surface area (Å²) in [5.74, 6) is -3.30. The minimum absolute atomic E-state index is 0.0463. The number of carbonyl (C=O) groups is 3. The molecule has 230 valence electrons. The van der Waals surface area contributed by atoms with Gasteiger partial charge in [-0.1, -0.05) is 45.9 Å². The summed E-state index contributed by atoms with van der Waals surface area (Å²) < 4.78 is 24.2. The summed E-state index contributed by atoms with van der Waals surface area (Å²) in [6.07, 6.45) is -5.64. The van der Waals surface area contributed by atoms with E-state index < -0.39 is 76.4 Å². The second kappa shape index (κ2) is 10.1. The van der Waals surface area contributed by atoms with E-state index in [1.807, 2.05) is 6.92 Å². The molecule has 1 aromatic carbocycles. The van der Waals surface area contributed by atoms with Gasteiger partial charge in [0.15, 0.2) is 11.7 Å². The summed E-state index contributed by atoms with van der Waals surface area (Å²) in [5, 5.41) is 36.8. The summed E-state index contributed by atoms with van der Waals surface area (Å²) in [7, 11) is 0. The summed E-state index contributed by atoms with van der Waals surface area (Å²) in [5.41, 5.74) is -4.78. The van der Waals surface area contributed by atoms with Crippen molar-refractivity contribution in [2.75, 3.05) is 6.61 Å². The maximum Gasteiger partial charge on any atom is 0.338 e. The van der Waals surface area contributed by atoms with E-state index in [0.717, 1.165) is 0 Å².